The van der Waals surface area contributed by atoms with Crippen LogP contribution in [0.15, 0.2) is 48.5 Å². The molecule has 2 N–H and O–H groups in total. The number of ether oxygens (including phenoxy) is 1. The van der Waals surface area contributed by atoms with Crippen LogP contribution in [0.4, 0.5) is 5.69 Å². The number of nitrogens with one attached hydrogen (secondary N) is 2. The maximum Gasteiger partial charge on any atom is 0.251 e. The molecule has 28 heavy (non-hydrogen) atoms. The molecule has 1 fully saturated rings. The second-order valence-corrected chi connectivity index (χ2v) is 7.14. The molecule has 1 amide bonds. The first-order valence-electron chi connectivity index (χ1n) is 10.3. The molecule has 0 radical (unpaired) electrons. The summed E-state index contributed by atoms with van der Waals surface area (Å²) in [6.45, 7) is 7.91. The molecular weight excluding hydrogens is 350 g/mol. The molecule has 0 spiro atoms. The Kier molecular flexibility index (Phi) is 7.88. The van der Waals surface area contributed by atoms with Crippen LogP contribution in [0, 0.1) is 0 Å². The third-order valence-corrected chi connectivity index (χ3v) is 5.02. The van der Waals surface area contributed by atoms with E-state index >= 15 is 0 Å². The lowest BCUT2D eigenvalue weighted by molar-refractivity contribution is 0.0953. The SMILES string of the molecule is CCCCNC(=O)c1ccc(CNCc2ccccc2N2CCOCC2)cc1. The van der Waals surface area contributed by atoms with E-state index in [0.717, 1.165) is 64.3 Å². The number of unbranched alkanes of at least 4 members (excludes halogenated alkanes) is 1. The zero-order valence-corrected chi connectivity index (χ0v) is 16.7. The Hall–Kier alpha value is -2.37. The van der Waals surface area contributed by atoms with Crippen LogP contribution >= 0.6 is 0 Å². The van der Waals surface area contributed by atoms with Crippen LogP contribution in [-0.4, -0.2) is 38.8 Å². The van der Waals surface area contributed by atoms with E-state index in [9.17, 15) is 4.79 Å². The van der Waals surface area contributed by atoms with Crippen molar-refractivity contribution in [2.24, 2.45) is 0 Å². The second-order valence-electron chi connectivity index (χ2n) is 7.14. The molecule has 0 bridgehead atoms. The maximum atomic E-state index is 12.1. The Morgan fingerprint density at radius 1 is 1.04 bits per heavy atom. The highest BCUT2D eigenvalue weighted by Crippen LogP contribution is 2.21. The lowest BCUT2D eigenvalue weighted by Crippen LogP contribution is -2.37. The fourth-order valence-corrected chi connectivity index (χ4v) is 3.37. The third-order valence-electron chi connectivity index (χ3n) is 5.02. The summed E-state index contributed by atoms with van der Waals surface area (Å²) in [6, 6.07) is 16.4. The molecule has 2 aromatic rings. The summed E-state index contributed by atoms with van der Waals surface area (Å²) in [5.41, 5.74) is 4.49. The highest BCUT2D eigenvalue weighted by molar-refractivity contribution is 5.94. The van der Waals surface area contributed by atoms with Crippen molar-refractivity contribution in [2.75, 3.05) is 37.7 Å². The molecule has 1 heterocycles. The number of amides is 1. The summed E-state index contributed by atoms with van der Waals surface area (Å²) >= 11 is 0. The molecule has 150 valence electrons. The minimum atomic E-state index is 0.00685. The van der Waals surface area contributed by atoms with Gasteiger partial charge in [0.2, 0.25) is 0 Å². The van der Waals surface area contributed by atoms with Crippen molar-refractivity contribution < 1.29 is 9.53 Å². The van der Waals surface area contributed by atoms with Crippen LogP contribution in [0.1, 0.15) is 41.3 Å². The van der Waals surface area contributed by atoms with Gasteiger partial charge in [-0.3, -0.25) is 4.79 Å². The zero-order valence-electron chi connectivity index (χ0n) is 16.7. The molecule has 5 heteroatoms. The van der Waals surface area contributed by atoms with Gasteiger partial charge in [0, 0.05) is 44.0 Å². The predicted octanol–water partition coefficient (Wildman–Crippen LogP) is 3.34. The highest BCUT2D eigenvalue weighted by Gasteiger charge is 2.14. The summed E-state index contributed by atoms with van der Waals surface area (Å²) in [6.07, 6.45) is 2.10. The Bertz CT molecular complexity index is 740. The van der Waals surface area contributed by atoms with Crippen LogP contribution in [-0.2, 0) is 17.8 Å². The van der Waals surface area contributed by atoms with Crippen LogP contribution in [0.25, 0.3) is 0 Å². The highest BCUT2D eigenvalue weighted by atomic mass is 16.5. The molecule has 3 rings (SSSR count). The molecule has 0 unspecified atom stereocenters. The van der Waals surface area contributed by atoms with Gasteiger partial charge in [-0.05, 0) is 35.7 Å². The fourth-order valence-electron chi connectivity index (χ4n) is 3.37. The normalized spacial score (nSPS) is 14.1. The van der Waals surface area contributed by atoms with E-state index in [1.165, 1.54) is 16.8 Å². The van der Waals surface area contributed by atoms with Gasteiger partial charge in [0.25, 0.3) is 5.91 Å². The maximum absolute atomic E-state index is 12.1. The number of hydrogen-bond acceptors (Lipinski definition) is 4. The van der Waals surface area contributed by atoms with Crippen LogP contribution < -0.4 is 15.5 Å². The molecule has 2 aromatic carbocycles. The van der Waals surface area contributed by atoms with Gasteiger partial charge in [0.05, 0.1) is 13.2 Å². The Morgan fingerprint density at radius 3 is 2.54 bits per heavy atom. The smallest absolute Gasteiger partial charge is 0.251 e. The minimum absolute atomic E-state index is 0.00685. The Balaban J connectivity index is 1.51. The number of morpholine rings is 1. The van der Waals surface area contributed by atoms with Crippen LogP contribution in [0.5, 0.6) is 0 Å². The topological polar surface area (TPSA) is 53.6 Å². The molecule has 5 nitrogen and oxygen atoms in total. The van der Waals surface area contributed by atoms with E-state index in [4.69, 9.17) is 4.74 Å². The first kappa shape index (κ1) is 20.4. The zero-order chi connectivity index (χ0) is 19.6. The van der Waals surface area contributed by atoms with Gasteiger partial charge < -0.3 is 20.3 Å². The monoisotopic (exact) mass is 381 g/mol. The van der Waals surface area contributed by atoms with Crippen molar-refractivity contribution in [3.63, 3.8) is 0 Å². The van der Waals surface area contributed by atoms with Gasteiger partial charge in [0.15, 0.2) is 0 Å². The summed E-state index contributed by atoms with van der Waals surface area (Å²) in [5, 5.41) is 6.48. The number of carbonyl (C=O) groups is 1. The van der Waals surface area contributed by atoms with Gasteiger partial charge in [-0.15, -0.1) is 0 Å². The van der Waals surface area contributed by atoms with Crippen molar-refractivity contribution >= 4 is 11.6 Å². The number of benzene rings is 2. The van der Waals surface area contributed by atoms with Gasteiger partial charge in [-0.25, -0.2) is 0 Å². The van der Waals surface area contributed by atoms with Gasteiger partial charge >= 0.3 is 0 Å². The molecular formula is C23H31N3O2. The molecule has 0 saturated carbocycles. The lowest BCUT2D eigenvalue weighted by Gasteiger charge is -2.30. The fraction of sp³-hybridized carbons (Fsp3) is 0.435. The molecule has 1 saturated heterocycles. The second kappa shape index (κ2) is 10.8. The van der Waals surface area contributed by atoms with Crippen molar-refractivity contribution in [1.82, 2.24) is 10.6 Å². The number of carbonyl (C=O) groups excluding carboxylic acids is 1. The van der Waals surface area contributed by atoms with E-state index in [0.29, 0.717) is 0 Å². The summed E-state index contributed by atoms with van der Waals surface area (Å²) in [5.74, 6) is 0.00685. The van der Waals surface area contributed by atoms with Crippen LogP contribution in [0.3, 0.4) is 0 Å². The molecule has 0 aromatic heterocycles. The lowest BCUT2D eigenvalue weighted by atomic mass is 10.1. The predicted molar refractivity (Wildman–Crippen MR) is 114 cm³/mol. The van der Waals surface area contributed by atoms with E-state index in [1.807, 2.05) is 24.3 Å². The average molecular weight is 382 g/mol. The molecule has 1 aliphatic heterocycles. The Labute approximate surface area is 168 Å². The Morgan fingerprint density at radius 2 is 1.79 bits per heavy atom. The van der Waals surface area contributed by atoms with Gasteiger partial charge in [-0.2, -0.15) is 0 Å². The van der Waals surface area contributed by atoms with Crippen molar-refractivity contribution in [2.45, 2.75) is 32.9 Å². The van der Waals surface area contributed by atoms with E-state index in [1.54, 1.807) is 0 Å². The standard InChI is InChI=1S/C23H31N3O2/c1-2-3-12-25-23(27)20-10-8-19(9-11-20)17-24-18-21-6-4-5-7-22(21)26-13-15-28-16-14-26/h4-11,24H,2-3,12-18H2,1H3,(H,25,27). The van der Waals surface area contributed by atoms with E-state index < -0.39 is 0 Å². The number of rotatable bonds is 9. The third kappa shape index (κ3) is 5.81. The largest absolute Gasteiger partial charge is 0.378 e. The molecule has 0 aliphatic carbocycles. The minimum Gasteiger partial charge on any atom is -0.378 e. The summed E-state index contributed by atoms with van der Waals surface area (Å²) in [4.78, 5) is 14.5. The number of nitrogens with zero attached hydrogens (tertiary/aromatic N) is 1. The average Bonchev–Trinajstić information content (AvgIpc) is 2.75. The van der Waals surface area contributed by atoms with Gasteiger partial charge in [0.1, 0.15) is 0 Å². The van der Waals surface area contributed by atoms with Crippen LogP contribution in [0.2, 0.25) is 0 Å². The quantitative estimate of drug-likeness (QED) is 0.654. The number of hydrogen-bond donors (Lipinski definition) is 2. The van der Waals surface area contributed by atoms with Crippen molar-refractivity contribution in [3.8, 4) is 0 Å². The van der Waals surface area contributed by atoms with E-state index in [-0.39, 0.29) is 5.91 Å². The molecule has 1 aliphatic rings. The van der Waals surface area contributed by atoms with E-state index in [2.05, 4.69) is 46.7 Å². The first-order valence-corrected chi connectivity index (χ1v) is 10.3. The summed E-state index contributed by atoms with van der Waals surface area (Å²) in [7, 11) is 0. The molecule has 0 atom stereocenters. The summed E-state index contributed by atoms with van der Waals surface area (Å²) < 4.78 is 5.47. The number of anilines is 1. The first-order chi connectivity index (χ1) is 13.8. The van der Waals surface area contributed by atoms with Gasteiger partial charge in [-0.1, -0.05) is 43.7 Å². The number of para-hydroxylation sites is 1. The van der Waals surface area contributed by atoms with Crippen molar-refractivity contribution in [3.05, 3.63) is 65.2 Å². The van der Waals surface area contributed by atoms with Crippen molar-refractivity contribution in [1.29, 1.82) is 0 Å².